The van der Waals surface area contributed by atoms with Crippen molar-refractivity contribution in [3.63, 3.8) is 0 Å². The van der Waals surface area contributed by atoms with Crippen molar-refractivity contribution < 1.29 is 4.79 Å². The van der Waals surface area contributed by atoms with Crippen molar-refractivity contribution in [2.24, 2.45) is 13.0 Å². The highest BCUT2D eigenvalue weighted by Crippen LogP contribution is 2.31. The summed E-state index contributed by atoms with van der Waals surface area (Å²) < 4.78 is 2.64. The van der Waals surface area contributed by atoms with E-state index in [4.69, 9.17) is 4.98 Å². The normalized spacial score (nSPS) is 15.2. The number of amides is 1. The maximum Gasteiger partial charge on any atom is 0.263 e. The van der Waals surface area contributed by atoms with E-state index in [1.807, 2.05) is 18.2 Å². The van der Waals surface area contributed by atoms with Gasteiger partial charge in [-0.15, -0.1) is 0 Å². The second-order valence-corrected chi connectivity index (χ2v) is 7.95. The average Bonchev–Trinajstić information content (AvgIpc) is 3.13. The summed E-state index contributed by atoms with van der Waals surface area (Å²) in [5.74, 6) is 0.136. The van der Waals surface area contributed by atoms with E-state index in [-0.39, 0.29) is 17.0 Å². The number of anilines is 1. The highest BCUT2D eigenvalue weighted by Gasteiger charge is 2.22. The molecule has 0 spiro atoms. The molecule has 1 aliphatic rings. The molecule has 7 heteroatoms. The second kappa shape index (κ2) is 7.52. The standard InChI is InChI=1S/C20H22N4O2S/c1-23-10-4-5-15(19(23)26)18(25)21-13-14-8-11-24(12-9-14)20-22-16-6-2-3-7-17(16)27-20/h2-7,10,14H,8-9,11-13H2,1H3,(H,21,25). The molecule has 1 aromatic carbocycles. The van der Waals surface area contributed by atoms with E-state index in [0.29, 0.717) is 12.5 Å². The van der Waals surface area contributed by atoms with Gasteiger partial charge in [0.2, 0.25) is 0 Å². The predicted octanol–water partition coefficient (Wildman–Crippen LogP) is 2.64. The molecule has 3 heterocycles. The Hall–Kier alpha value is -2.67. The number of carbonyl (C=O) groups is 1. The summed E-state index contributed by atoms with van der Waals surface area (Å²) in [6.07, 6.45) is 3.66. The lowest BCUT2D eigenvalue weighted by atomic mass is 9.97. The zero-order chi connectivity index (χ0) is 18.8. The maximum atomic E-state index is 12.3. The molecule has 0 unspecified atom stereocenters. The van der Waals surface area contributed by atoms with Crippen LogP contribution in [-0.2, 0) is 7.05 Å². The molecule has 1 amide bonds. The molecular formula is C20H22N4O2S. The van der Waals surface area contributed by atoms with E-state index >= 15 is 0 Å². The molecule has 0 atom stereocenters. The first kappa shape index (κ1) is 17.7. The number of pyridine rings is 1. The molecule has 1 fully saturated rings. The van der Waals surface area contributed by atoms with Gasteiger partial charge in [-0.05, 0) is 43.0 Å². The van der Waals surface area contributed by atoms with Crippen LogP contribution in [0.3, 0.4) is 0 Å². The van der Waals surface area contributed by atoms with Crippen molar-refractivity contribution in [3.8, 4) is 0 Å². The lowest BCUT2D eigenvalue weighted by molar-refractivity contribution is 0.0943. The van der Waals surface area contributed by atoms with Crippen LogP contribution in [0.5, 0.6) is 0 Å². The predicted molar refractivity (Wildman–Crippen MR) is 109 cm³/mol. The van der Waals surface area contributed by atoms with Crippen LogP contribution in [0.25, 0.3) is 10.2 Å². The number of thiazole rings is 1. The van der Waals surface area contributed by atoms with Gasteiger partial charge in [0.1, 0.15) is 5.56 Å². The zero-order valence-corrected chi connectivity index (χ0v) is 16.0. The highest BCUT2D eigenvalue weighted by atomic mass is 32.1. The zero-order valence-electron chi connectivity index (χ0n) is 15.2. The highest BCUT2D eigenvalue weighted by molar-refractivity contribution is 7.22. The number of fused-ring (bicyclic) bond motifs is 1. The van der Waals surface area contributed by atoms with Gasteiger partial charge in [0, 0.05) is 32.9 Å². The molecule has 1 N–H and O–H groups in total. The molecule has 0 radical (unpaired) electrons. The van der Waals surface area contributed by atoms with Gasteiger partial charge in [-0.3, -0.25) is 9.59 Å². The molecular weight excluding hydrogens is 360 g/mol. The number of para-hydroxylation sites is 1. The fourth-order valence-electron chi connectivity index (χ4n) is 3.43. The minimum absolute atomic E-state index is 0.201. The molecule has 27 heavy (non-hydrogen) atoms. The van der Waals surface area contributed by atoms with Crippen molar-refractivity contribution in [3.05, 3.63) is 58.5 Å². The SMILES string of the molecule is Cn1cccc(C(=O)NCC2CCN(c3nc4ccccc4s3)CC2)c1=O. The summed E-state index contributed by atoms with van der Waals surface area (Å²) in [5.41, 5.74) is 0.990. The van der Waals surface area contributed by atoms with Gasteiger partial charge in [0.15, 0.2) is 5.13 Å². The van der Waals surface area contributed by atoms with Crippen molar-refractivity contribution in [1.29, 1.82) is 0 Å². The Morgan fingerprint density at radius 3 is 2.78 bits per heavy atom. The van der Waals surface area contributed by atoms with E-state index in [2.05, 4.69) is 16.3 Å². The molecule has 0 saturated carbocycles. The van der Waals surface area contributed by atoms with Crippen LogP contribution in [0.1, 0.15) is 23.2 Å². The third-order valence-corrected chi connectivity index (χ3v) is 6.18. The number of piperidine rings is 1. The Balaban J connectivity index is 1.32. The van der Waals surface area contributed by atoms with Crippen LogP contribution in [0.2, 0.25) is 0 Å². The van der Waals surface area contributed by atoms with E-state index in [1.54, 1.807) is 36.7 Å². The molecule has 0 aliphatic carbocycles. The van der Waals surface area contributed by atoms with Crippen molar-refractivity contribution in [2.45, 2.75) is 12.8 Å². The lowest BCUT2D eigenvalue weighted by Gasteiger charge is -2.31. The number of hydrogen-bond donors (Lipinski definition) is 1. The minimum Gasteiger partial charge on any atom is -0.352 e. The van der Waals surface area contributed by atoms with Crippen LogP contribution in [0, 0.1) is 5.92 Å². The lowest BCUT2D eigenvalue weighted by Crippen LogP contribution is -2.40. The number of nitrogens with zero attached hydrogens (tertiary/aromatic N) is 3. The van der Waals surface area contributed by atoms with Gasteiger partial charge in [0.05, 0.1) is 10.2 Å². The maximum absolute atomic E-state index is 12.3. The van der Waals surface area contributed by atoms with E-state index in [0.717, 1.165) is 36.6 Å². The van der Waals surface area contributed by atoms with Gasteiger partial charge in [0.25, 0.3) is 11.5 Å². The van der Waals surface area contributed by atoms with Crippen molar-refractivity contribution in [2.75, 3.05) is 24.5 Å². The van der Waals surface area contributed by atoms with Gasteiger partial charge in [-0.1, -0.05) is 23.5 Å². The average molecular weight is 382 g/mol. The summed E-state index contributed by atoms with van der Waals surface area (Å²) in [6, 6.07) is 11.5. The van der Waals surface area contributed by atoms with Gasteiger partial charge >= 0.3 is 0 Å². The van der Waals surface area contributed by atoms with E-state index < -0.39 is 0 Å². The number of aromatic nitrogens is 2. The Morgan fingerprint density at radius 2 is 2.00 bits per heavy atom. The van der Waals surface area contributed by atoms with Crippen molar-refractivity contribution in [1.82, 2.24) is 14.9 Å². The first-order valence-corrected chi connectivity index (χ1v) is 9.98. The summed E-state index contributed by atoms with van der Waals surface area (Å²) in [5, 5.41) is 4.00. The Bertz CT molecular complexity index is 985. The smallest absolute Gasteiger partial charge is 0.263 e. The molecule has 4 rings (SSSR count). The fourth-order valence-corrected chi connectivity index (χ4v) is 4.44. The molecule has 2 aromatic heterocycles. The third kappa shape index (κ3) is 3.73. The third-order valence-electron chi connectivity index (χ3n) is 5.09. The van der Waals surface area contributed by atoms with Gasteiger partial charge < -0.3 is 14.8 Å². The monoisotopic (exact) mass is 382 g/mol. The van der Waals surface area contributed by atoms with Crippen LogP contribution in [-0.4, -0.2) is 35.1 Å². The van der Waals surface area contributed by atoms with Crippen LogP contribution < -0.4 is 15.8 Å². The number of rotatable bonds is 4. The van der Waals surface area contributed by atoms with Gasteiger partial charge in [-0.25, -0.2) is 4.98 Å². The number of hydrogen-bond acceptors (Lipinski definition) is 5. The van der Waals surface area contributed by atoms with E-state index in [1.165, 1.54) is 9.27 Å². The minimum atomic E-state index is -0.287. The summed E-state index contributed by atoms with van der Waals surface area (Å²) in [4.78, 5) is 31.4. The number of aryl methyl sites for hydroxylation is 1. The van der Waals surface area contributed by atoms with Crippen LogP contribution in [0.15, 0.2) is 47.4 Å². The Labute approximate surface area is 161 Å². The molecule has 1 saturated heterocycles. The number of benzene rings is 1. The molecule has 3 aromatic rings. The van der Waals surface area contributed by atoms with Crippen LogP contribution in [0.4, 0.5) is 5.13 Å². The second-order valence-electron chi connectivity index (χ2n) is 6.94. The first-order valence-electron chi connectivity index (χ1n) is 9.16. The molecule has 140 valence electrons. The number of carbonyl (C=O) groups excluding carboxylic acids is 1. The molecule has 1 aliphatic heterocycles. The summed E-state index contributed by atoms with van der Waals surface area (Å²) >= 11 is 1.73. The number of nitrogens with one attached hydrogen (secondary N) is 1. The summed E-state index contributed by atoms with van der Waals surface area (Å²) in [7, 11) is 1.65. The molecule has 0 bridgehead atoms. The topological polar surface area (TPSA) is 67.2 Å². The quantitative estimate of drug-likeness (QED) is 0.753. The van der Waals surface area contributed by atoms with Crippen molar-refractivity contribution >= 4 is 32.6 Å². The Morgan fingerprint density at radius 1 is 1.22 bits per heavy atom. The van der Waals surface area contributed by atoms with Gasteiger partial charge in [-0.2, -0.15) is 0 Å². The van der Waals surface area contributed by atoms with Crippen LogP contribution >= 0.6 is 11.3 Å². The first-order chi connectivity index (χ1) is 13.1. The molecule has 6 nitrogen and oxygen atoms in total. The summed E-state index contributed by atoms with van der Waals surface area (Å²) in [6.45, 7) is 2.48. The largest absolute Gasteiger partial charge is 0.352 e. The van der Waals surface area contributed by atoms with E-state index in [9.17, 15) is 9.59 Å². The Kier molecular flexibility index (Phi) is 4.94. The fraction of sp³-hybridized carbons (Fsp3) is 0.350.